The summed E-state index contributed by atoms with van der Waals surface area (Å²) < 4.78 is 0. The van der Waals surface area contributed by atoms with Gasteiger partial charge in [0.15, 0.2) is 5.54 Å². The molecule has 86 valence electrons. The van der Waals surface area contributed by atoms with Crippen molar-refractivity contribution in [3.63, 3.8) is 0 Å². The van der Waals surface area contributed by atoms with Gasteiger partial charge in [-0.2, -0.15) is 11.8 Å². The molecule has 15 heavy (non-hydrogen) atoms. The van der Waals surface area contributed by atoms with E-state index in [9.17, 15) is 14.7 Å². The molecule has 1 fully saturated rings. The lowest BCUT2D eigenvalue weighted by Gasteiger charge is -2.46. The van der Waals surface area contributed by atoms with E-state index in [0.29, 0.717) is 5.75 Å². The zero-order valence-corrected chi connectivity index (χ0v) is 10.1. The van der Waals surface area contributed by atoms with Gasteiger partial charge in [0.05, 0.1) is 0 Å². The first kappa shape index (κ1) is 12.4. The van der Waals surface area contributed by atoms with Crippen molar-refractivity contribution >= 4 is 23.6 Å². The molecule has 1 atom stereocenters. The first-order chi connectivity index (χ1) is 6.82. The fourth-order valence-corrected chi connectivity index (χ4v) is 3.56. The Morgan fingerprint density at radius 3 is 2.40 bits per heavy atom. The summed E-state index contributed by atoms with van der Waals surface area (Å²) in [5.41, 5.74) is -1.53. The molecule has 0 saturated carbocycles. The van der Waals surface area contributed by atoms with Crippen molar-refractivity contribution in [1.82, 2.24) is 5.32 Å². The van der Waals surface area contributed by atoms with Gasteiger partial charge in [-0.1, -0.05) is 13.8 Å². The molecule has 5 heteroatoms. The van der Waals surface area contributed by atoms with Crippen LogP contribution in [0.2, 0.25) is 0 Å². The maximum absolute atomic E-state index is 11.4. The van der Waals surface area contributed by atoms with Gasteiger partial charge in [0.2, 0.25) is 5.91 Å². The maximum Gasteiger partial charge on any atom is 0.330 e. The minimum absolute atomic E-state index is 0.284. The lowest BCUT2D eigenvalue weighted by Crippen LogP contribution is -2.66. The molecule has 0 aliphatic carbocycles. The van der Waals surface area contributed by atoms with E-state index in [1.165, 1.54) is 6.92 Å². The Morgan fingerprint density at radius 1 is 1.40 bits per heavy atom. The van der Waals surface area contributed by atoms with Crippen LogP contribution in [0.4, 0.5) is 0 Å². The molecule has 1 unspecified atom stereocenters. The second-order valence-electron chi connectivity index (χ2n) is 4.58. The Hall–Kier alpha value is -0.710. The number of carbonyl (C=O) groups excluding carboxylic acids is 1. The summed E-state index contributed by atoms with van der Waals surface area (Å²) >= 11 is 1.58. The van der Waals surface area contributed by atoms with Crippen molar-refractivity contribution < 1.29 is 14.7 Å². The Morgan fingerprint density at radius 2 is 2.00 bits per heavy atom. The van der Waals surface area contributed by atoms with Gasteiger partial charge in [0.25, 0.3) is 0 Å². The molecule has 1 rings (SSSR count). The molecule has 1 saturated heterocycles. The molecule has 0 spiro atoms. The topological polar surface area (TPSA) is 66.4 Å². The number of amides is 1. The molecule has 0 bridgehead atoms. The average molecular weight is 231 g/mol. The van der Waals surface area contributed by atoms with Gasteiger partial charge in [-0.15, -0.1) is 0 Å². The van der Waals surface area contributed by atoms with Crippen LogP contribution in [-0.2, 0) is 9.59 Å². The van der Waals surface area contributed by atoms with Crippen LogP contribution in [0.15, 0.2) is 0 Å². The monoisotopic (exact) mass is 231 g/mol. The first-order valence-corrected chi connectivity index (χ1v) is 6.07. The van der Waals surface area contributed by atoms with E-state index in [1.54, 1.807) is 11.8 Å². The Labute approximate surface area is 93.8 Å². The highest BCUT2D eigenvalue weighted by molar-refractivity contribution is 7.99. The quantitative estimate of drug-likeness (QED) is 0.747. The van der Waals surface area contributed by atoms with Crippen molar-refractivity contribution in [2.45, 2.75) is 32.7 Å². The van der Waals surface area contributed by atoms with Crippen LogP contribution in [-0.4, -0.2) is 34.0 Å². The summed E-state index contributed by atoms with van der Waals surface area (Å²) in [5.74, 6) is 0.166. The first-order valence-electron chi connectivity index (χ1n) is 4.92. The lowest BCUT2D eigenvalue weighted by atomic mass is 9.70. The molecule has 0 radical (unpaired) electrons. The Kier molecular flexibility index (Phi) is 3.33. The average Bonchev–Trinajstić information content (AvgIpc) is 2.07. The highest BCUT2D eigenvalue weighted by atomic mass is 32.2. The fraction of sp³-hybridized carbons (Fsp3) is 0.800. The molecule has 0 aromatic heterocycles. The second kappa shape index (κ2) is 4.04. The SMILES string of the molecule is CC(=O)NC1(C(=O)O)CSCCC1(C)C. The van der Waals surface area contributed by atoms with Gasteiger partial charge in [-0.3, -0.25) is 4.79 Å². The van der Waals surface area contributed by atoms with Gasteiger partial charge in [-0.25, -0.2) is 4.79 Å². The minimum Gasteiger partial charge on any atom is -0.479 e. The third kappa shape index (κ3) is 2.12. The fourth-order valence-electron chi connectivity index (χ4n) is 1.87. The van der Waals surface area contributed by atoms with Gasteiger partial charge < -0.3 is 10.4 Å². The number of nitrogens with one attached hydrogen (secondary N) is 1. The van der Waals surface area contributed by atoms with Crippen LogP contribution >= 0.6 is 11.8 Å². The number of carboxylic acids is 1. The summed E-state index contributed by atoms with van der Waals surface area (Å²) in [7, 11) is 0. The van der Waals surface area contributed by atoms with Crippen LogP contribution in [0.1, 0.15) is 27.2 Å². The van der Waals surface area contributed by atoms with Gasteiger partial charge in [0.1, 0.15) is 0 Å². The van der Waals surface area contributed by atoms with Crippen molar-refractivity contribution in [3.05, 3.63) is 0 Å². The summed E-state index contributed by atoms with van der Waals surface area (Å²) in [4.78, 5) is 22.5. The van der Waals surface area contributed by atoms with E-state index >= 15 is 0 Å². The lowest BCUT2D eigenvalue weighted by molar-refractivity contribution is -0.152. The third-order valence-electron chi connectivity index (χ3n) is 3.10. The van der Waals surface area contributed by atoms with Crippen molar-refractivity contribution in [2.24, 2.45) is 5.41 Å². The van der Waals surface area contributed by atoms with Crippen LogP contribution in [0.3, 0.4) is 0 Å². The number of carbonyl (C=O) groups is 2. The number of hydrogen-bond acceptors (Lipinski definition) is 3. The molecule has 1 aliphatic rings. The van der Waals surface area contributed by atoms with E-state index in [2.05, 4.69) is 5.32 Å². The third-order valence-corrected chi connectivity index (χ3v) is 4.23. The number of thioether (sulfide) groups is 1. The van der Waals surface area contributed by atoms with Gasteiger partial charge >= 0.3 is 5.97 Å². The zero-order chi connectivity index (χ0) is 11.7. The predicted molar refractivity (Wildman–Crippen MR) is 59.9 cm³/mol. The van der Waals surface area contributed by atoms with Gasteiger partial charge in [0, 0.05) is 18.1 Å². The minimum atomic E-state index is -1.12. The zero-order valence-electron chi connectivity index (χ0n) is 9.29. The largest absolute Gasteiger partial charge is 0.479 e. The maximum atomic E-state index is 11.4. The molecule has 4 nitrogen and oxygen atoms in total. The number of aliphatic carboxylic acids is 1. The van der Waals surface area contributed by atoms with E-state index in [4.69, 9.17) is 0 Å². The Balaban J connectivity index is 3.06. The standard InChI is InChI=1S/C10H17NO3S/c1-7(12)11-10(8(13)14)6-15-5-4-9(10,2)3/h4-6H2,1-3H3,(H,11,12)(H,13,14). The van der Waals surface area contributed by atoms with Crippen LogP contribution in [0.5, 0.6) is 0 Å². The summed E-state index contributed by atoms with van der Waals surface area (Å²) in [5, 5.41) is 12.0. The molecule has 0 aromatic carbocycles. The summed E-state index contributed by atoms with van der Waals surface area (Å²) in [6.07, 6.45) is 0.796. The van der Waals surface area contributed by atoms with Crippen molar-refractivity contribution in [3.8, 4) is 0 Å². The number of carboxylic acid groups (broad SMARTS) is 1. The summed E-state index contributed by atoms with van der Waals surface area (Å²) in [6.45, 7) is 5.16. The van der Waals surface area contributed by atoms with E-state index in [0.717, 1.165) is 12.2 Å². The van der Waals surface area contributed by atoms with Crippen LogP contribution in [0.25, 0.3) is 0 Å². The number of rotatable bonds is 2. The van der Waals surface area contributed by atoms with E-state index < -0.39 is 16.9 Å². The van der Waals surface area contributed by atoms with Crippen molar-refractivity contribution in [1.29, 1.82) is 0 Å². The molecule has 2 N–H and O–H groups in total. The molecular formula is C10H17NO3S. The summed E-state index contributed by atoms with van der Waals surface area (Å²) in [6, 6.07) is 0. The molecule has 1 aliphatic heterocycles. The van der Waals surface area contributed by atoms with Gasteiger partial charge in [-0.05, 0) is 12.2 Å². The smallest absolute Gasteiger partial charge is 0.330 e. The van der Waals surface area contributed by atoms with Crippen LogP contribution < -0.4 is 5.32 Å². The Bertz CT molecular complexity index is 290. The molecule has 0 aromatic rings. The molecule has 1 amide bonds. The van der Waals surface area contributed by atoms with E-state index in [1.807, 2.05) is 13.8 Å². The van der Waals surface area contributed by atoms with Crippen LogP contribution in [0, 0.1) is 5.41 Å². The van der Waals surface area contributed by atoms with Crippen molar-refractivity contribution in [2.75, 3.05) is 11.5 Å². The number of hydrogen-bond donors (Lipinski definition) is 2. The molecular weight excluding hydrogens is 214 g/mol. The highest BCUT2D eigenvalue weighted by Crippen LogP contribution is 2.42. The predicted octanol–water partition coefficient (Wildman–Crippen LogP) is 1.11. The normalized spacial score (nSPS) is 29.5. The van der Waals surface area contributed by atoms with E-state index in [-0.39, 0.29) is 5.91 Å². The molecule has 1 heterocycles. The second-order valence-corrected chi connectivity index (χ2v) is 5.68. The highest BCUT2D eigenvalue weighted by Gasteiger charge is 2.53.